The molecule has 1 aliphatic heterocycles. The summed E-state index contributed by atoms with van der Waals surface area (Å²) in [6.07, 6.45) is -3.58. The fraction of sp³-hybridized carbons (Fsp3) is 0.333. The molecule has 0 spiro atoms. The van der Waals surface area contributed by atoms with Crippen LogP contribution in [0.4, 0.5) is 19.0 Å². The molecule has 0 unspecified atom stereocenters. The second-order valence-corrected chi connectivity index (χ2v) is 5.09. The molecule has 0 saturated heterocycles. The van der Waals surface area contributed by atoms with Crippen molar-refractivity contribution in [3.8, 4) is 11.5 Å². The lowest BCUT2D eigenvalue weighted by Crippen LogP contribution is -2.20. The van der Waals surface area contributed by atoms with Crippen LogP contribution in [0.25, 0.3) is 0 Å². The number of hydrogen-bond donors (Lipinski definition) is 0. The number of rotatable bonds is 3. The van der Waals surface area contributed by atoms with Crippen LogP contribution in [0.2, 0.25) is 0 Å². The Balaban J connectivity index is 1.78. The Morgan fingerprint density at radius 2 is 1.83 bits per heavy atom. The van der Waals surface area contributed by atoms with E-state index in [4.69, 9.17) is 9.47 Å². The molecular formula is C15H14F3N3O2. The molecule has 1 aromatic heterocycles. The number of benzene rings is 1. The highest BCUT2D eigenvalue weighted by molar-refractivity contribution is 5.46. The molecule has 0 fully saturated rings. The predicted molar refractivity (Wildman–Crippen MR) is 76.6 cm³/mol. The van der Waals surface area contributed by atoms with Gasteiger partial charge >= 0.3 is 6.18 Å². The smallest absolute Gasteiger partial charge is 0.433 e. The molecule has 0 atom stereocenters. The Bertz CT molecular complexity index is 707. The number of hydrogen-bond acceptors (Lipinski definition) is 5. The van der Waals surface area contributed by atoms with Gasteiger partial charge in [0.2, 0.25) is 0 Å². The molecule has 0 bridgehead atoms. The topological polar surface area (TPSA) is 47.5 Å². The van der Waals surface area contributed by atoms with Gasteiger partial charge in [-0.2, -0.15) is 13.2 Å². The van der Waals surface area contributed by atoms with Crippen molar-refractivity contribution in [2.45, 2.75) is 12.7 Å². The Kier molecular flexibility index (Phi) is 3.97. The molecule has 0 N–H and O–H groups in total. The zero-order valence-corrected chi connectivity index (χ0v) is 12.3. The van der Waals surface area contributed by atoms with Crippen LogP contribution in [0.5, 0.6) is 11.5 Å². The second kappa shape index (κ2) is 5.94. The minimum Gasteiger partial charge on any atom is -0.486 e. The summed E-state index contributed by atoms with van der Waals surface area (Å²) in [4.78, 5) is 8.77. The highest BCUT2D eigenvalue weighted by Crippen LogP contribution is 2.32. The molecule has 122 valence electrons. The fourth-order valence-corrected chi connectivity index (χ4v) is 2.25. The molecule has 0 aliphatic carbocycles. The number of aromatic nitrogens is 2. The zero-order chi connectivity index (χ0) is 16.4. The number of halogens is 3. The van der Waals surface area contributed by atoms with Crippen LogP contribution in [0.1, 0.15) is 11.3 Å². The normalized spacial score (nSPS) is 13.7. The van der Waals surface area contributed by atoms with Crippen molar-refractivity contribution in [2.24, 2.45) is 0 Å². The molecule has 8 heteroatoms. The highest BCUT2D eigenvalue weighted by atomic mass is 19.4. The van der Waals surface area contributed by atoms with Gasteiger partial charge in [-0.05, 0) is 17.7 Å². The molecule has 0 radical (unpaired) electrons. The lowest BCUT2D eigenvalue weighted by atomic mass is 10.2. The lowest BCUT2D eigenvalue weighted by molar-refractivity contribution is -0.141. The van der Waals surface area contributed by atoms with E-state index in [1.807, 2.05) is 12.1 Å². The van der Waals surface area contributed by atoms with Crippen LogP contribution >= 0.6 is 0 Å². The summed E-state index contributed by atoms with van der Waals surface area (Å²) < 4.78 is 49.1. The average molecular weight is 325 g/mol. The maximum absolute atomic E-state index is 12.7. The van der Waals surface area contributed by atoms with E-state index in [-0.39, 0.29) is 5.82 Å². The van der Waals surface area contributed by atoms with Crippen LogP contribution in [0.15, 0.2) is 30.6 Å². The molecule has 0 saturated carbocycles. The first-order chi connectivity index (χ1) is 10.9. The predicted octanol–water partition coefficient (Wildman–Crippen LogP) is 2.90. The number of ether oxygens (including phenoxy) is 2. The quantitative estimate of drug-likeness (QED) is 0.868. The maximum Gasteiger partial charge on any atom is 0.433 e. The standard InChI is InChI=1S/C15H14F3N3O2/c1-21(14-7-13(15(16,17)18)19-9-20-14)8-10-2-3-11-12(6-10)23-5-4-22-11/h2-3,6-7,9H,4-5,8H2,1H3. The summed E-state index contributed by atoms with van der Waals surface area (Å²) in [5.41, 5.74) is -0.0829. The van der Waals surface area contributed by atoms with Crippen molar-refractivity contribution in [1.82, 2.24) is 9.97 Å². The number of anilines is 1. The summed E-state index contributed by atoms with van der Waals surface area (Å²) in [7, 11) is 1.67. The average Bonchev–Trinajstić information content (AvgIpc) is 2.54. The number of fused-ring (bicyclic) bond motifs is 1. The van der Waals surface area contributed by atoms with Crippen molar-refractivity contribution in [1.29, 1.82) is 0 Å². The molecule has 23 heavy (non-hydrogen) atoms. The molecule has 2 aromatic rings. The fourth-order valence-electron chi connectivity index (χ4n) is 2.25. The van der Waals surface area contributed by atoms with Gasteiger partial charge in [0.25, 0.3) is 0 Å². The van der Waals surface area contributed by atoms with Crippen LogP contribution in [-0.4, -0.2) is 30.2 Å². The van der Waals surface area contributed by atoms with Crippen molar-refractivity contribution in [3.63, 3.8) is 0 Å². The molecule has 1 aromatic carbocycles. The van der Waals surface area contributed by atoms with Gasteiger partial charge < -0.3 is 14.4 Å². The summed E-state index contributed by atoms with van der Waals surface area (Å²) in [5.74, 6) is 1.51. The summed E-state index contributed by atoms with van der Waals surface area (Å²) in [6.45, 7) is 1.37. The van der Waals surface area contributed by atoms with Gasteiger partial charge in [-0.3, -0.25) is 0 Å². The van der Waals surface area contributed by atoms with Gasteiger partial charge in [0, 0.05) is 19.7 Å². The van der Waals surface area contributed by atoms with Crippen molar-refractivity contribution < 1.29 is 22.6 Å². The van der Waals surface area contributed by atoms with Crippen LogP contribution < -0.4 is 14.4 Å². The van der Waals surface area contributed by atoms with Crippen molar-refractivity contribution in [3.05, 3.63) is 41.9 Å². The molecule has 2 heterocycles. The Labute approximate surface area is 130 Å². The van der Waals surface area contributed by atoms with Gasteiger partial charge in [-0.1, -0.05) is 6.07 Å². The molecule has 3 rings (SSSR count). The van der Waals surface area contributed by atoms with Gasteiger partial charge in [0.15, 0.2) is 11.5 Å². The van der Waals surface area contributed by atoms with E-state index in [1.54, 1.807) is 18.0 Å². The van der Waals surface area contributed by atoms with E-state index in [1.165, 1.54) is 0 Å². The Hall–Kier alpha value is -2.51. The van der Waals surface area contributed by atoms with E-state index in [0.29, 0.717) is 31.3 Å². The van der Waals surface area contributed by atoms with Gasteiger partial charge in [0.1, 0.15) is 31.1 Å². The summed E-state index contributed by atoms with van der Waals surface area (Å²) >= 11 is 0. The van der Waals surface area contributed by atoms with E-state index in [0.717, 1.165) is 18.0 Å². The summed E-state index contributed by atoms with van der Waals surface area (Å²) in [5, 5.41) is 0. The maximum atomic E-state index is 12.7. The van der Waals surface area contributed by atoms with Crippen molar-refractivity contribution >= 4 is 5.82 Å². The van der Waals surface area contributed by atoms with E-state index < -0.39 is 11.9 Å². The lowest BCUT2D eigenvalue weighted by Gasteiger charge is -2.22. The highest BCUT2D eigenvalue weighted by Gasteiger charge is 2.33. The molecular weight excluding hydrogens is 311 g/mol. The van der Waals surface area contributed by atoms with E-state index in [2.05, 4.69) is 9.97 Å². The monoisotopic (exact) mass is 325 g/mol. The Morgan fingerprint density at radius 3 is 2.57 bits per heavy atom. The largest absolute Gasteiger partial charge is 0.486 e. The van der Waals surface area contributed by atoms with Crippen LogP contribution in [-0.2, 0) is 12.7 Å². The third-order valence-corrected chi connectivity index (χ3v) is 3.36. The number of alkyl halides is 3. The SMILES string of the molecule is CN(Cc1ccc2c(c1)OCCO2)c1cc(C(F)(F)F)ncn1. The zero-order valence-electron chi connectivity index (χ0n) is 12.3. The first-order valence-corrected chi connectivity index (χ1v) is 6.92. The van der Waals surface area contributed by atoms with E-state index >= 15 is 0 Å². The van der Waals surface area contributed by atoms with Gasteiger partial charge in [-0.25, -0.2) is 9.97 Å². The first kappa shape index (κ1) is 15.4. The van der Waals surface area contributed by atoms with Crippen LogP contribution in [0.3, 0.4) is 0 Å². The van der Waals surface area contributed by atoms with Crippen molar-refractivity contribution in [2.75, 3.05) is 25.2 Å². The van der Waals surface area contributed by atoms with E-state index in [9.17, 15) is 13.2 Å². The first-order valence-electron chi connectivity index (χ1n) is 6.92. The summed E-state index contributed by atoms with van der Waals surface area (Å²) in [6, 6.07) is 6.38. The molecule has 0 amide bonds. The Morgan fingerprint density at radius 1 is 1.09 bits per heavy atom. The minimum atomic E-state index is -4.49. The van der Waals surface area contributed by atoms with Crippen LogP contribution in [0, 0.1) is 0 Å². The third-order valence-electron chi connectivity index (χ3n) is 3.36. The third kappa shape index (κ3) is 3.46. The molecule has 5 nitrogen and oxygen atoms in total. The van der Waals surface area contributed by atoms with Gasteiger partial charge in [-0.15, -0.1) is 0 Å². The minimum absolute atomic E-state index is 0.196. The second-order valence-electron chi connectivity index (χ2n) is 5.09. The number of nitrogens with zero attached hydrogens (tertiary/aromatic N) is 3. The molecule has 1 aliphatic rings. The van der Waals surface area contributed by atoms with Gasteiger partial charge in [0.05, 0.1) is 0 Å².